The summed E-state index contributed by atoms with van der Waals surface area (Å²) in [5.74, 6) is -1.91. The second-order valence-corrected chi connectivity index (χ2v) is 12.2. The minimum Gasteiger partial charge on any atom is -0.346 e. The molecule has 45 heavy (non-hydrogen) atoms. The molecule has 238 valence electrons. The smallest absolute Gasteiger partial charge is 0.346 e. The number of carbonyl (C=O) groups is 1. The van der Waals surface area contributed by atoms with Crippen molar-refractivity contribution in [1.29, 1.82) is 0 Å². The molecule has 4 aromatic rings. The summed E-state index contributed by atoms with van der Waals surface area (Å²) in [6.45, 7) is 3.12. The Bertz CT molecular complexity index is 1690. The number of fused-ring (bicyclic) bond motifs is 1. The van der Waals surface area contributed by atoms with Gasteiger partial charge in [0.05, 0.1) is 17.6 Å². The number of hydrogen-bond acceptors (Lipinski definition) is 9. The van der Waals surface area contributed by atoms with Crippen molar-refractivity contribution < 1.29 is 22.4 Å². The van der Waals surface area contributed by atoms with Crippen LogP contribution in [0.2, 0.25) is 0 Å². The number of carbonyl (C=O) groups excluding carboxylic acids is 1. The van der Waals surface area contributed by atoms with Crippen molar-refractivity contribution in [2.75, 3.05) is 45.8 Å². The Labute approximate surface area is 255 Å². The standard InChI is InChI=1S/C29H33F4N11O/c30-19-2-6-41(12-19)13-20-9-23(40-27(39-20)29(31,32)33)26(45)42-7-3-21(4-8-42)43-15-28(14-34,16-43)44-11-18(10-38-44)24-22-1-5-35-25(22)37-17-36-24/h1,5,9-11,17,19,21H,2-4,6-8,12-16,34H2,(H,35,36,37)/t19-/m0/s1. The molecule has 3 saturated heterocycles. The molecule has 1 amide bonds. The molecule has 3 aliphatic heterocycles. The van der Waals surface area contributed by atoms with Crippen molar-refractivity contribution >= 4 is 16.9 Å². The van der Waals surface area contributed by atoms with Gasteiger partial charge in [-0.05, 0) is 31.4 Å². The van der Waals surface area contributed by atoms with E-state index in [0.717, 1.165) is 22.3 Å². The fourth-order valence-corrected chi connectivity index (χ4v) is 6.71. The number of nitrogens with zero attached hydrogens (tertiary/aromatic N) is 9. The van der Waals surface area contributed by atoms with Crippen LogP contribution in [0.4, 0.5) is 17.6 Å². The summed E-state index contributed by atoms with van der Waals surface area (Å²) in [5, 5.41) is 5.54. The van der Waals surface area contributed by atoms with Crippen LogP contribution in [0.15, 0.2) is 37.1 Å². The number of aromatic nitrogens is 7. The Morgan fingerprint density at radius 2 is 1.91 bits per heavy atom. The number of H-pyrrole nitrogens is 1. The van der Waals surface area contributed by atoms with Crippen molar-refractivity contribution in [3.05, 3.63) is 54.3 Å². The van der Waals surface area contributed by atoms with Crippen LogP contribution in [0.25, 0.3) is 22.3 Å². The lowest BCUT2D eigenvalue weighted by molar-refractivity contribution is -0.145. The van der Waals surface area contributed by atoms with E-state index in [2.05, 4.69) is 34.9 Å². The number of amides is 1. The topological polar surface area (TPSA) is 138 Å². The lowest BCUT2D eigenvalue weighted by atomic mass is 9.86. The number of halogens is 4. The van der Waals surface area contributed by atoms with E-state index in [1.165, 1.54) is 12.4 Å². The third kappa shape index (κ3) is 5.66. The molecule has 0 aromatic carbocycles. The van der Waals surface area contributed by atoms with Crippen molar-refractivity contribution in [2.45, 2.75) is 49.7 Å². The first kappa shape index (κ1) is 29.7. The molecule has 16 heteroatoms. The van der Waals surface area contributed by atoms with Crippen LogP contribution in [0, 0.1) is 0 Å². The third-order valence-electron chi connectivity index (χ3n) is 9.19. The fourth-order valence-electron chi connectivity index (χ4n) is 6.71. The third-order valence-corrected chi connectivity index (χ3v) is 9.19. The predicted octanol–water partition coefficient (Wildman–Crippen LogP) is 2.45. The molecule has 0 unspecified atom stereocenters. The molecule has 7 heterocycles. The molecule has 12 nitrogen and oxygen atoms in total. The molecule has 0 saturated carbocycles. The van der Waals surface area contributed by atoms with Gasteiger partial charge in [0.15, 0.2) is 0 Å². The first-order valence-electron chi connectivity index (χ1n) is 15.0. The van der Waals surface area contributed by atoms with Crippen molar-refractivity contribution in [1.82, 2.24) is 49.4 Å². The first-order chi connectivity index (χ1) is 21.6. The monoisotopic (exact) mass is 627 g/mol. The molecule has 0 aliphatic carbocycles. The molecular weight excluding hydrogens is 594 g/mol. The van der Waals surface area contributed by atoms with Gasteiger partial charge in [-0.1, -0.05) is 0 Å². The number of hydrogen-bond donors (Lipinski definition) is 2. The van der Waals surface area contributed by atoms with Crippen molar-refractivity contribution in [2.24, 2.45) is 5.73 Å². The summed E-state index contributed by atoms with van der Waals surface area (Å²) in [6, 6.07) is 3.43. The average molecular weight is 628 g/mol. The highest BCUT2D eigenvalue weighted by atomic mass is 19.4. The summed E-state index contributed by atoms with van der Waals surface area (Å²) < 4.78 is 56.4. The van der Waals surface area contributed by atoms with E-state index in [0.29, 0.717) is 58.5 Å². The summed E-state index contributed by atoms with van der Waals surface area (Å²) in [6.07, 6.45) is 2.91. The van der Waals surface area contributed by atoms with Crippen LogP contribution >= 0.6 is 0 Å². The van der Waals surface area contributed by atoms with Gasteiger partial charge in [-0.25, -0.2) is 24.3 Å². The van der Waals surface area contributed by atoms with Gasteiger partial charge in [0, 0.05) is 81.7 Å². The zero-order valence-corrected chi connectivity index (χ0v) is 24.4. The van der Waals surface area contributed by atoms with Crippen LogP contribution in [-0.2, 0) is 18.3 Å². The first-order valence-corrected chi connectivity index (χ1v) is 15.0. The number of aromatic amines is 1. The molecule has 0 spiro atoms. The number of nitrogens with one attached hydrogen (secondary N) is 1. The van der Waals surface area contributed by atoms with Crippen LogP contribution in [0.3, 0.4) is 0 Å². The van der Waals surface area contributed by atoms with Gasteiger partial charge in [-0.3, -0.25) is 19.3 Å². The maximum absolute atomic E-state index is 13.6. The molecule has 3 N–H and O–H groups in total. The normalized spacial score (nSPS) is 21.4. The Morgan fingerprint density at radius 1 is 1.11 bits per heavy atom. The molecule has 4 aromatic heterocycles. The van der Waals surface area contributed by atoms with Gasteiger partial charge in [0.25, 0.3) is 5.91 Å². The zero-order valence-electron chi connectivity index (χ0n) is 24.4. The van der Waals surface area contributed by atoms with E-state index in [9.17, 15) is 22.4 Å². The molecule has 3 aliphatic rings. The maximum Gasteiger partial charge on any atom is 0.451 e. The largest absolute Gasteiger partial charge is 0.451 e. The van der Waals surface area contributed by atoms with E-state index in [4.69, 9.17) is 5.73 Å². The highest BCUT2D eigenvalue weighted by molar-refractivity contribution is 5.92. The number of likely N-dealkylation sites (tertiary alicyclic amines) is 3. The van der Waals surface area contributed by atoms with Gasteiger partial charge < -0.3 is 15.6 Å². The lowest BCUT2D eigenvalue weighted by Crippen LogP contribution is -2.69. The average Bonchev–Trinajstić information content (AvgIpc) is 3.78. The Kier molecular flexibility index (Phi) is 7.52. The highest BCUT2D eigenvalue weighted by Crippen LogP contribution is 2.35. The molecule has 0 radical (unpaired) electrons. The number of alkyl halides is 4. The van der Waals surface area contributed by atoms with Gasteiger partial charge in [0.1, 0.15) is 29.4 Å². The fraction of sp³-hybridized carbons (Fsp3) is 0.517. The van der Waals surface area contributed by atoms with E-state index < -0.39 is 24.1 Å². The minimum absolute atomic E-state index is 0.0273. The Morgan fingerprint density at radius 3 is 2.62 bits per heavy atom. The van der Waals surface area contributed by atoms with Crippen LogP contribution in [-0.4, -0.2) is 113 Å². The summed E-state index contributed by atoms with van der Waals surface area (Å²) in [7, 11) is 0. The van der Waals surface area contributed by atoms with Crippen LogP contribution in [0.1, 0.15) is 41.3 Å². The summed E-state index contributed by atoms with van der Waals surface area (Å²) in [4.78, 5) is 37.9. The Hall–Kier alpha value is -4.02. The SMILES string of the molecule is NCC1(n2cc(-c3ncnc4[nH]ccc34)cn2)CN(C2CCN(C(=O)c3cc(CN4CC[C@H](F)C4)nc(C(F)(F)F)n3)CC2)C1. The van der Waals surface area contributed by atoms with Gasteiger partial charge in [-0.15, -0.1) is 0 Å². The highest BCUT2D eigenvalue weighted by Gasteiger charge is 2.47. The number of piperidine rings is 1. The number of rotatable bonds is 7. The van der Waals surface area contributed by atoms with Gasteiger partial charge in [0.2, 0.25) is 5.82 Å². The maximum atomic E-state index is 13.6. The van der Waals surface area contributed by atoms with E-state index >= 15 is 0 Å². The van der Waals surface area contributed by atoms with E-state index in [1.807, 2.05) is 23.1 Å². The summed E-state index contributed by atoms with van der Waals surface area (Å²) in [5.41, 5.74) is 8.07. The zero-order chi connectivity index (χ0) is 31.3. The molecule has 7 rings (SSSR count). The second-order valence-electron chi connectivity index (χ2n) is 12.2. The Balaban J connectivity index is 0.992. The minimum atomic E-state index is -4.81. The number of nitrogens with two attached hydrogens (primary N) is 1. The van der Waals surface area contributed by atoms with Crippen molar-refractivity contribution in [3.63, 3.8) is 0 Å². The lowest BCUT2D eigenvalue weighted by Gasteiger charge is -2.54. The van der Waals surface area contributed by atoms with Crippen LogP contribution < -0.4 is 5.73 Å². The van der Waals surface area contributed by atoms with Gasteiger partial charge >= 0.3 is 6.18 Å². The summed E-state index contributed by atoms with van der Waals surface area (Å²) >= 11 is 0. The van der Waals surface area contributed by atoms with E-state index in [-0.39, 0.29) is 36.1 Å². The molecule has 3 fully saturated rings. The van der Waals surface area contributed by atoms with Crippen molar-refractivity contribution in [3.8, 4) is 11.3 Å². The van der Waals surface area contributed by atoms with E-state index in [1.54, 1.807) is 16.0 Å². The molecular formula is C29H33F4N11O. The molecule has 1 atom stereocenters. The predicted molar refractivity (Wildman–Crippen MR) is 154 cm³/mol. The van der Waals surface area contributed by atoms with Gasteiger partial charge in [-0.2, -0.15) is 18.3 Å². The van der Waals surface area contributed by atoms with Crippen LogP contribution in [0.5, 0.6) is 0 Å². The molecule has 0 bridgehead atoms. The second kappa shape index (κ2) is 11.4. The quantitative estimate of drug-likeness (QED) is 0.296.